The third kappa shape index (κ3) is 2.74. The number of rotatable bonds is 4. The van der Waals surface area contributed by atoms with Crippen LogP contribution in [0.5, 0.6) is 0 Å². The largest absolute Gasteiger partial charge is 0.458 e. The summed E-state index contributed by atoms with van der Waals surface area (Å²) in [6, 6.07) is 0. The zero-order valence-corrected chi connectivity index (χ0v) is 17.6. The average molecular weight is 375 g/mol. The smallest absolute Gasteiger partial charge is 0.306 e. The number of fused-ring (bicyclic) bond motifs is 5. The number of allylic oxidation sites excluding steroid dienone is 2. The molecule has 0 aliphatic heterocycles. The van der Waals surface area contributed by atoms with Crippen molar-refractivity contribution < 1.29 is 14.6 Å². The van der Waals surface area contributed by atoms with Gasteiger partial charge in [-0.05, 0) is 81.0 Å². The summed E-state index contributed by atoms with van der Waals surface area (Å²) in [5.41, 5.74) is 1.72. The van der Waals surface area contributed by atoms with Crippen LogP contribution in [0.3, 0.4) is 0 Å². The van der Waals surface area contributed by atoms with Crippen molar-refractivity contribution in [2.24, 2.45) is 28.6 Å². The molecule has 4 rings (SSSR count). The van der Waals surface area contributed by atoms with Gasteiger partial charge in [0.05, 0.1) is 0 Å². The lowest BCUT2D eigenvalue weighted by molar-refractivity contribution is -0.187. The Morgan fingerprint density at radius 2 is 1.96 bits per heavy atom. The van der Waals surface area contributed by atoms with Gasteiger partial charge in [-0.25, -0.2) is 0 Å². The van der Waals surface area contributed by atoms with E-state index in [2.05, 4.69) is 19.9 Å². The number of hydrogen-bond acceptors (Lipinski definition) is 3. The predicted molar refractivity (Wildman–Crippen MR) is 107 cm³/mol. The van der Waals surface area contributed by atoms with Crippen LogP contribution in [0.1, 0.15) is 91.4 Å². The highest BCUT2D eigenvalue weighted by molar-refractivity contribution is 5.69. The second-order valence-corrected chi connectivity index (χ2v) is 10.2. The predicted octanol–water partition coefficient (Wildman–Crippen LogP) is 5.41. The molecule has 1 N–H and O–H groups in total. The minimum Gasteiger partial charge on any atom is -0.458 e. The molecule has 3 nitrogen and oxygen atoms in total. The maximum absolute atomic E-state index is 12.3. The Hall–Kier alpha value is -0.830. The molecule has 3 heteroatoms. The molecule has 6 atom stereocenters. The highest BCUT2D eigenvalue weighted by Gasteiger charge is 2.65. The van der Waals surface area contributed by atoms with Crippen LogP contribution in [0, 0.1) is 28.6 Å². The molecule has 0 unspecified atom stereocenters. The van der Waals surface area contributed by atoms with Crippen molar-refractivity contribution in [3.05, 3.63) is 11.6 Å². The summed E-state index contributed by atoms with van der Waals surface area (Å²) >= 11 is 0. The van der Waals surface area contributed by atoms with Crippen molar-refractivity contribution in [3.8, 4) is 0 Å². The van der Waals surface area contributed by atoms with E-state index in [9.17, 15) is 9.90 Å². The van der Waals surface area contributed by atoms with E-state index < -0.39 is 5.60 Å². The molecular weight excluding hydrogens is 336 g/mol. The first kappa shape index (κ1) is 19.5. The summed E-state index contributed by atoms with van der Waals surface area (Å²) in [6.45, 7) is 6.91. The molecule has 4 aliphatic carbocycles. The van der Waals surface area contributed by atoms with E-state index in [1.807, 2.05) is 6.92 Å². The summed E-state index contributed by atoms with van der Waals surface area (Å²) in [5.74, 6) is 2.08. The van der Waals surface area contributed by atoms with E-state index >= 15 is 0 Å². The van der Waals surface area contributed by atoms with E-state index in [4.69, 9.17) is 4.74 Å². The summed E-state index contributed by atoms with van der Waals surface area (Å²) in [6.07, 6.45) is 14.6. The van der Waals surface area contributed by atoms with Gasteiger partial charge in [0, 0.05) is 24.9 Å². The Balaban J connectivity index is 1.65. The Bertz CT molecular complexity index is 625. The zero-order valence-electron chi connectivity index (χ0n) is 17.6. The van der Waals surface area contributed by atoms with E-state index in [1.54, 1.807) is 5.57 Å². The number of ether oxygens (including phenoxy) is 1. The van der Waals surface area contributed by atoms with Gasteiger partial charge in [0.2, 0.25) is 0 Å². The third-order valence-electron chi connectivity index (χ3n) is 9.43. The van der Waals surface area contributed by atoms with Gasteiger partial charge < -0.3 is 9.84 Å². The maximum atomic E-state index is 12.3. The fourth-order valence-electron chi connectivity index (χ4n) is 7.95. The van der Waals surface area contributed by atoms with Crippen LogP contribution < -0.4 is 0 Å². The first-order valence-electron chi connectivity index (χ1n) is 11.4. The Kier molecular flexibility index (Phi) is 4.98. The van der Waals surface area contributed by atoms with Gasteiger partial charge in [0.1, 0.15) is 5.60 Å². The average Bonchev–Trinajstić information content (AvgIpc) is 2.94. The topological polar surface area (TPSA) is 46.5 Å². The lowest BCUT2D eigenvalue weighted by Gasteiger charge is -2.59. The summed E-state index contributed by atoms with van der Waals surface area (Å²) in [5, 5.41) is 9.81. The molecule has 0 bridgehead atoms. The number of esters is 1. The van der Waals surface area contributed by atoms with Crippen molar-refractivity contribution in [1.29, 1.82) is 0 Å². The number of carbonyl (C=O) groups excluding carboxylic acids is 1. The number of hydrogen-bond donors (Lipinski definition) is 1. The molecule has 0 aromatic carbocycles. The van der Waals surface area contributed by atoms with Gasteiger partial charge >= 0.3 is 5.97 Å². The number of carbonyl (C=O) groups is 1. The van der Waals surface area contributed by atoms with Crippen LogP contribution in [0.4, 0.5) is 0 Å². The van der Waals surface area contributed by atoms with E-state index in [-0.39, 0.29) is 18.0 Å². The molecule has 3 saturated carbocycles. The summed E-state index contributed by atoms with van der Waals surface area (Å²) in [4.78, 5) is 12.3. The molecule has 0 amide bonds. The second kappa shape index (κ2) is 6.90. The molecule has 0 heterocycles. The van der Waals surface area contributed by atoms with Gasteiger partial charge in [0.25, 0.3) is 0 Å². The Morgan fingerprint density at radius 1 is 1.19 bits per heavy atom. The van der Waals surface area contributed by atoms with Crippen LogP contribution in [-0.2, 0) is 9.53 Å². The highest BCUT2D eigenvalue weighted by atomic mass is 16.6. The Labute approximate surface area is 164 Å². The number of aliphatic hydroxyl groups is 1. The van der Waals surface area contributed by atoms with Crippen LogP contribution in [0.2, 0.25) is 0 Å². The van der Waals surface area contributed by atoms with Gasteiger partial charge in [-0.15, -0.1) is 0 Å². The lowest BCUT2D eigenvalue weighted by Crippen LogP contribution is -2.56. The highest BCUT2D eigenvalue weighted by Crippen LogP contribution is 2.68. The summed E-state index contributed by atoms with van der Waals surface area (Å²) in [7, 11) is 0. The zero-order chi connectivity index (χ0) is 19.3. The molecule has 0 aromatic heterocycles. The molecule has 0 spiro atoms. The molecule has 4 aliphatic rings. The summed E-state index contributed by atoms with van der Waals surface area (Å²) < 4.78 is 6.16. The normalized spacial score (nSPS) is 46.1. The van der Waals surface area contributed by atoms with Crippen molar-refractivity contribution in [2.45, 2.75) is 97.0 Å². The minimum atomic E-state index is -0.450. The first-order chi connectivity index (χ1) is 12.9. The second-order valence-electron chi connectivity index (χ2n) is 10.2. The van der Waals surface area contributed by atoms with E-state index in [0.717, 1.165) is 31.1 Å². The van der Waals surface area contributed by atoms with Gasteiger partial charge in [-0.2, -0.15) is 0 Å². The van der Waals surface area contributed by atoms with Gasteiger partial charge in [-0.3, -0.25) is 4.79 Å². The Morgan fingerprint density at radius 3 is 2.70 bits per heavy atom. The third-order valence-corrected chi connectivity index (χ3v) is 9.43. The van der Waals surface area contributed by atoms with Crippen molar-refractivity contribution in [2.75, 3.05) is 6.61 Å². The van der Waals surface area contributed by atoms with Crippen molar-refractivity contribution in [1.82, 2.24) is 0 Å². The van der Waals surface area contributed by atoms with Crippen molar-refractivity contribution >= 4 is 5.97 Å². The quantitative estimate of drug-likeness (QED) is 0.528. The molecule has 27 heavy (non-hydrogen) atoms. The fourth-order valence-corrected chi connectivity index (χ4v) is 7.95. The SMILES string of the molecule is CCC(=O)O[C@]1(CCO)CC[C@H]2[C@@H]3CCC4=CCCC[C@]4(C)[C@H]3CC[C@@]21C. The first-order valence-corrected chi connectivity index (χ1v) is 11.4. The van der Waals surface area contributed by atoms with Crippen LogP contribution in [0.25, 0.3) is 0 Å². The van der Waals surface area contributed by atoms with Crippen LogP contribution in [0.15, 0.2) is 11.6 Å². The van der Waals surface area contributed by atoms with E-state index in [0.29, 0.717) is 24.2 Å². The lowest BCUT2D eigenvalue weighted by atomic mass is 9.46. The maximum Gasteiger partial charge on any atom is 0.306 e. The molecule has 3 fully saturated rings. The van der Waals surface area contributed by atoms with Crippen LogP contribution in [-0.4, -0.2) is 23.3 Å². The standard InChI is InChI=1S/C24H38O3/c1-4-21(26)27-24(15-16-25)14-11-20-18-9-8-17-7-5-6-12-22(17,2)19(18)10-13-23(20,24)3/h7,18-20,25H,4-6,8-16H2,1-3H3/t18-,19+,20+,22+,23+,24+/m1/s1. The van der Waals surface area contributed by atoms with Crippen molar-refractivity contribution in [3.63, 3.8) is 0 Å². The van der Waals surface area contributed by atoms with Crippen LogP contribution >= 0.6 is 0 Å². The fraction of sp³-hybridized carbons (Fsp3) is 0.875. The number of aliphatic hydroxyl groups excluding tert-OH is 1. The molecule has 0 radical (unpaired) electrons. The molecule has 152 valence electrons. The molecule has 0 aromatic rings. The van der Waals surface area contributed by atoms with Gasteiger partial charge in [0.15, 0.2) is 0 Å². The molecular formula is C24H38O3. The monoisotopic (exact) mass is 374 g/mol. The minimum absolute atomic E-state index is 0.0218. The van der Waals surface area contributed by atoms with Gasteiger partial charge in [-0.1, -0.05) is 32.4 Å². The molecule has 0 saturated heterocycles. The van der Waals surface area contributed by atoms with E-state index in [1.165, 1.54) is 38.5 Å².